The van der Waals surface area contributed by atoms with Crippen molar-refractivity contribution in [2.45, 2.75) is 12.8 Å². The number of ether oxygens (including phenoxy) is 1. The predicted octanol–water partition coefficient (Wildman–Crippen LogP) is 2.57. The minimum atomic E-state index is -0.305. The third-order valence-corrected chi connectivity index (χ3v) is 3.80. The lowest BCUT2D eigenvalue weighted by molar-refractivity contribution is -0.131. The van der Waals surface area contributed by atoms with E-state index in [9.17, 15) is 4.79 Å². The molecule has 4 nitrogen and oxygen atoms in total. The van der Waals surface area contributed by atoms with Gasteiger partial charge in [0.05, 0.1) is 12.5 Å². The fourth-order valence-corrected chi connectivity index (χ4v) is 2.45. The van der Waals surface area contributed by atoms with Crippen LogP contribution in [0, 0.1) is 6.92 Å². The highest BCUT2D eigenvalue weighted by Gasteiger charge is 2.22. The van der Waals surface area contributed by atoms with Crippen LogP contribution in [0.2, 0.25) is 0 Å². The Morgan fingerprint density at radius 3 is 2.57 bits per heavy atom. The van der Waals surface area contributed by atoms with Crippen LogP contribution in [0.4, 0.5) is 0 Å². The molecule has 2 aromatic carbocycles. The number of amides is 1. The van der Waals surface area contributed by atoms with Gasteiger partial charge in [0.25, 0.3) is 0 Å². The van der Waals surface area contributed by atoms with Gasteiger partial charge in [0.15, 0.2) is 0 Å². The lowest BCUT2D eigenvalue weighted by Crippen LogP contribution is -2.37. The minimum absolute atomic E-state index is 0.0199. The molecule has 0 fully saturated rings. The van der Waals surface area contributed by atoms with Gasteiger partial charge in [-0.15, -0.1) is 0 Å². The summed E-state index contributed by atoms with van der Waals surface area (Å²) >= 11 is 0. The first-order valence-electron chi connectivity index (χ1n) is 7.81. The lowest BCUT2D eigenvalue weighted by atomic mass is 9.98. The van der Waals surface area contributed by atoms with Gasteiger partial charge in [-0.3, -0.25) is 4.79 Å². The number of carbonyl (C=O) groups is 1. The van der Waals surface area contributed by atoms with E-state index in [1.807, 2.05) is 61.5 Å². The molecule has 2 rings (SSSR count). The fourth-order valence-electron chi connectivity index (χ4n) is 2.45. The van der Waals surface area contributed by atoms with Crippen LogP contribution in [-0.2, 0) is 4.79 Å². The summed E-state index contributed by atoms with van der Waals surface area (Å²) < 4.78 is 5.70. The average Bonchev–Trinajstić information content (AvgIpc) is 2.56. The minimum Gasteiger partial charge on any atom is -0.492 e. The number of hydrogen-bond donors (Lipinski definition) is 1. The molecule has 0 radical (unpaired) electrons. The number of benzene rings is 2. The van der Waals surface area contributed by atoms with E-state index >= 15 is 0 Å². The Bertz CT molecular complexity index is 628. The number of rotatable bonds is 7. The number of aryl methyl sites for hydroxylation is 1. The van der Waals surface area contributed by atoms with Crippen LogP contribution in [0.25, 0.3) is 0 Å². The van der Waals surface area contributed by atoms with Gasteiger partial charge in [-0.25, -0.2) is 0 Å². The van der Waals surface area contributed by atoms with Crippen molar-refractivity contribution in [2.24, 2.45) is 5.73 Å². The summed E-state index contributed by atoms with van der Waals surface area (Å²) in [5, 5.41) is 0. The molecule has 2 N–H and O–H groups in total. The molecule has 122 valence electrons. The fraction of sp³-hybridized carbons (Fsp3) is 0.316. The molecule has 23 heavy (non-hydrogen) atoms. The van der Waals surface area contributed by atoms with Crippen LogP contribution in [0.5, 0.6) is 5.75 Å². The number of carbonyl (C=O) groups excluding carboxylic acids is 1. The van der Waals surface area contributed by atoms with Crippen LogP contribution in [0.15, 0.2) is 54.6 Å². The SMILES string of the molecule is Cc1cccc(OCCN(C)C(=O)C(CN)c2ccccc2)c1. The molecule has 4 heteroatoms. The van der Waals surface area contributed by atoms with Gasteiger partial charge >= 0.3 is 0 Å². The second-order valence-corrected chi connectivity index (χ2v) is 5.62. The number of nitrogens with two attached hydrogens (primary N) is 1. The first-order valence-corrected chi connectivity index (χ1v) is 7.81. The molecule has 0 saturated carbocycles. The van der Waals surface area contributed by atoms with Gasteiger partial charge in [-0.05, 0) is 30.2 Å². The Labute approximate surface area is 137 Å². The number of likely N-dealkylation sites (N-methyl/N-ethyl adjacent to an activating group) is 1. The standard InChI is InChI=1S/C19H24N2O2/c1-15-7-6-10-17(13-15)23-12-11-21(2)19(22)18(14-20)16-8-4-3-5-9-16/h3-10,13,18H,11-12,14,20H2,1-2H3. The van der Waals surface area contributed by atoms with Gasteiger partial charge in [-0.1, -0.05) is 42.5 Å². The first-order chi connectivity index (χ1) is 11.1. The Morgan fingerprint density at radius 1 is 1.17 bits per heavy atom. The second-order valence-electron chi connectivity index (χ2n) is 5.62. The molecule has 0 saturated heterocycles. The maximum Gasteiger partial charge on any atom is 0.231 e. The summed E-state index contributed by atoms with van der Waals surface area (Å²) in [5.41, 5.74) is 7.90. The molecule has 0 bridgehead atoms. The predicted molar refractivity (Wildman–Crippen MR) is 92.5 cm³/mol. The monoisotopic (exact) mass is 312 g/mol. The van der Waals surface area contributed by atoms with E-state index in [-0.39, 0.29) is 11.8 Å². The van der Waals surface area contributed by atoms with Crippen LogP contribution < -0.4 is 10.5 Å². The van der Waals surface area contributed by atoms with Gasteiger partial charge in [-0.2, -0.15) is 0 Å². The van der Waals surface area contributed by atoms with Gasteiger partial charge in [0.1, 0.15) is 12.4 Å². The highest BCUT2D eigenvalue weighted by atomic mass is 16.5. The van der Waals surface area contributed by atoms with E-state index in [4.69, 9.17) is 10.5 Å². The Kier molecular flexibility index (Phi) is 6.18. The maximum atomic E-state index is 12.6. The third kappa shape index (κ3) is 4.83. The van der Waals surface area contributed by atoms with Crippen molar-refractivity contribution in [1.82, 2.24) is 4.90 Å². The van der Waals surface area contributed by atoms with E-state index in [0.29, 0.717) is 19.7 Å². The zero-order chi connectivity index (χ0) is 16.7. The van der Waals surface area contributed by atoms with Gasteiger partial charge in [0.2, 0.25) is 5.91 Å². The highest BCUT2D eigenvalue weighted by Crippen LogP contribution is 2.17. The molecular formula is C19H24N2O2. The van der Waals surface area contributed by atoms with Crippen molar-refractivity contribution in [3.63, 3.8) is 0 Å². The van der Waals surface area contributed by atoms with E-state index in [2.05, 4.69) is 0 Å². The molecule has 2 aromatic rings. The van der Waals surface area contributed by atoms with Gasteiger partial charge in [0, 0.05) is 13.6 Å². The normalized spacial score (nSPS) is 11.8. The topological polar surface area (TPSA) is 55.6 Å². The second kappa shape index (κ2) is 8.34. The number of hydrogen-bond acceptors (Lipinski definition) is 3. The summed E-state index contributed by atoms with van der Waals surface area (Å²) in [6.45, 7) is 3.30. The van der Waals surface area contributed by atoms with Crippen LogP contribution in [-0.4, -0.2) is 37.6 Å². The zero-order valence-electron chi connectivity index (χ0n) is 13.7. The molecule has 1 atom stereocenters. The first kappa shape index (κ1) is 17.0. The summed E-state index contributed by atoms with van der Waals surface area (Å²) in [6.07, 6.45) is 0. The third-order valence-electron chi connectivity index (χ3n) is 3.80. The van der Waals surface area contributed by atoms with Crippen molar-refractivity contribution in [1.29, 1.82) is 0 Å². The van der Waals surface area contributed by atoms with Gasteiger partial charge < -0.3 is 15.4 Å². The Balaban J connectivity index is 1.89. The molecule has 0 aromatic heterocycles. The zero-order valence-corrected chi connectivity index (χ0v) is 13.7. The smallest absolute Gasteiger partial charge is 0.231 e. The van der Waals surface area contributed by atoms with Crippen LogP contribution in [0.3, 0.4) is 0 Å². The average molecular weight is 312 g/mol. The van der Waals surface area contributed by atoms with E-state index in [0.717, 1.165) is 16.9 Å². The van der Waals surface area contributed by atoms with Crippen LogP contribution in [0.1, 0.15) is 17.0 Å². The molecule has 0 heterocycles. The largest absolute Gasteiger partial charge is 0.492 e. The van der Waals surface area contributed by atoms with Crippen molar-refractivity contribution in [3.8, 4) is 5.75 Å². The van der Waals surface area contributed by atoms with Crippen LogP contribution >= 0.6 is 0 Å². The van der Waals surface area contributed by atoms with Crippen molar-refractivity contribution < 1.29 is 9.53 Å². The molecule has 0 spiro atoms. The Hall–Kier alpha value is -2.33. The maximum absolute atomic E-state index is 12.6. The van der Waals surface area contributed by atoms with Crippen molar-refractivity contribution >= 4 is 5.91 Å². The molecule has 1 unspecified atom stereocenters. The molecule has 1 amide bonds. The molecule has 0 aliphatic rings. The molecular weight excluding hydrogens is 288 g/mol. The summed E-state index contributed by atoms with van der Waals surface area (Å²) in [7, 11) is 1.79. The van der Waals surface area contributed by atoms with Crippen molar-refractivity contribution in [2.75, 3.05) is 26.7 Å². The van der Waals surface area contributed by atoms with E-state index < -0.39 is 0 Å². The molecule has 0 aliphatic heterocycles. The van der Waals surface area contributed by atoms with Crippen molar-refractivity contribution in [3.05, 3.63) is 65.7 Å². The van der Waals surface area contributed by atoms with E-state index in [1.54, 1.807) is 11.9 Å². The Morgan fingerprint density at radius 2 is 1.91 bits per heavy atom. The summed E-state index contributed by atoms with van der Waals surface area (Å²) in [4.78, 5) is 14.2. The van der Waals surface area contributed by atoms with E-state index in [1.165, 1.54) is 0 Å². The quantitative estimate of drug-likeness (QED) is 0.855. The number of nitrogens with zero attached hydrogens (tertiary/aromatic N) is 1. The lowest BCUT2D eigenvalue weighted by Gasteiger charge is -2.23. The summed E-state index contributed by atoms with van der Waals surface area (Å²) in [5.74, 6) is 0.538. The highest BCUT2D eigenvalue weighted by molar-refractivity contribution is 5.83. The molecule has 0 aliphatic carbocycles. The summed E-state index contributed by atoms with van der Waals surface area (Å²) in [6, 6.07) is 17.5.